The first kappa shape index (κ1) is 9.20. The number of allylic oxidation sites excluding steroid dienone is 2. The largest absolute Gasteiger partial charge is 0.391 e. The van der Waals surface area contributed by atoms with Gasteiger partial charge in [0.15, 0.2) is 0 Å². The van der Waals surface area contributed by atoms with E-state index < -0.39 is 0 Å². The maximum atomic E-state index is 4.55. The van der Waals surface area contributed by atoms with Crippen molar-refractivity contribution in [1.82, 2.24) is 25.9 Å². The fraction of sp³-hybridized carbons (Fsp3) is 0. The summed E-state index contributed by atoms with van der Waals surface area (Å²) in [7, 11) is 0. The number of pyridine rings is 1. The summed E-state index contributed by atoms with van der Waals surface area (Å²) >= 11 is 0. The summed E-state index contributed by atoms with van der Waals surface area (Å²) in [5.74, 6) is 0. The summed E-state index contributed by atoms with van der Waals surface area (Å²) in [5, 5.41) is 9.96. The zero-order valence-electron chi connectivity index (χ0n) is 7.79. The highest BCUT2D eigenvalue weighted by Gasteiger charge is 1.91. The Hall–Kier alpha value is -2.37. The van der Waals surface area contributed by atoms with Crippen molar-refractivity contribution < 1.29 is 4.84 Å². The van der Waals surface area contributed by atoms with Gasteiger partial charge in [0.1, 0.15) is 11.8 Å². The summed E-state index contributed by atoms with van der Waals surface area (Å²) in [6.07, 6.45) is 8.62. The highest BCUT2D eigenvalue weighted by Crippen LogP contribution is 1.99. The van der Waals surface area contributed by atoms with Crippen LogP contribution in [0.15, 0.2) is 42.9 Å². The lowest BCUT2D eigenvalue weighted by molar-refractivity contribution is 0.172. The Kier molecular flexibility index (Phi) is 2.91. The molecule has 0 saturated heterocycles. The maximum Gasteiger partial charge on any atom is 0.201 e. The smallest absolute Gasteiger partial charge is 0.201 e. The molecule has 6 nitrogen and oxygen atoms in total. The van der Waals surface area contributed by atoms with Crippen LogP contribution in [0.5, 0.6) is 0 Å². The van der Waals surface area contributed by atoms with Gasteiger partial charge < -0.3 is 4.84 Å². The molecule has 2 N–H and O–H groups in total. The van der Waals surface area contributed by atoms with Gasteiger partial charge in [0, 0.05) is 12.4 Å². The van der Waals surface area contributed by atoms with Gasteiger partial charge in [-0.3, -0.25) is 5.10 Å². The molecule has 0 amide bonds. The zero-order chi connectivity index (χ0) is 10.3. The van der Waals surface area contributed by atoms with E-state index in [1.165, 1.54) is 0 Å². The van der Waals surface area contributed by atoms with Crippen LogP contribution in [0.1, 0.15) is 0 Å². The van der Waals surface area contributed by atoms with Gasteiger partial charge in [-0.05, 0) is 24.3 Å². The highest BCUT2D eigenvalue weighted by atomic mass is 16.6. The van der Waals surface area contributed by atoms with Crippen molar-refractivity contribution in [3.05, 3.63) is 42.9 Å². The second kappa shape index (κ2) is 4.75. The van der Waals surface area contributed by atoms with Crippen LogP contribution >= 0.6 is 0 Å². The third-order valence-corrected chi connectivity index (χ3v) is 1.59. The first-order valence-electron chi connectivity index (χ1n) is 4.31. The second-order valence-corrected chi connectivity index (χ2v) is 2.61. The van der Waals surface area contributed by atoms with E-state index in [0.29, 0.717) is 5.65 Å². The zero-order valence-corrected chi connectivity index (χ0v) is 7.79. The third kappa shape index (κ3) is 2.53. The Balaban J connectivity index is 0.000000124. The van der Waals surface area contributed by atoms with Gasteiger partial charge in [-0.2, -0.15) is 0 Å². The number of aromatic nitrogens is 4. The van der Waals surface area contributed by atoms with E-state index >= 15 is 0 Å². The quantitative estimate of drug-likeness (QED) is 0.665. The molecule has 76 valence electrons. The number of rotatable bonds is 0. The Morgan fingerprint density at radius 2 is 2.27 bits per heavy atom. The van der Waals surface area contributed by atoms with Crippen LogP contribution in [0, 0.1) is 0 Å². The van der Waals surface area contributed by atoms with E-state index in [0.717, 1.165) is 5.52 Å². The van der Waals surface area contributed by atoms with Crippen molar-refractivity contribution in [1.29, 1.82) is 0 Å². The van der Waals surface area contributed by atoms with Crippen LogP contribution in [0.2, 0.25) is 0 Å². The van der Waals surface area contributed by atoms with Crippen molar-refractivity contribution in [2.45, 2.75) is 0 Å². The standard InChI is InChI=1S/C5H4N4.C4H5NO/c1-2-4-5(6-3-1)8-9-7-4;1-2-4-6-5-3-1/h1-3H,(H,6,7,8,9);1-5H. The van der Waals surface area contributed by atoms with Gasteiger partial charge in [0.25, 0.3) is 0 Å². The molecule has 15 heavy (non-hydrogen) atoms. The lowest BCUT2D eigenvalue weighted by Crippen LogP contribution is -2.01. The minimum atomic E-state index is 0.664. The van der Waals surface area contributed by atoms with Gasteiger partial charge in [-0.1, -0.05) is 5.21 Å². The molecule has 6 heteroatoms. The minimum Gasteiger partial charge on any atom is -0.391 e. The fourth-order valence-corrected chi connectivity index (χ4v) is 0.948. The molecular formula is C9H9N5O. The molecule has 0 saturated carbocycles. The first-order chi connectivity index (χ1) is 7.47. The average Bonchev–Trinajstić information content (AvgIpc) is 2.80. The van der Waals surface area contributed by atoms with Crippen LogP contribution in [0.3, 0.4) is 0 Å². The highest BCUT2D eigenvalue weighted by molar-refractivity contribution is 5.67. The molecule has 3 heterocycles. The Morgan fingerprint density at radius 1 is 1.27 bits per heavy atom. The summed E-state index contributed by atoms with van der Waals surface area (Å²) in [6, 6.07) is 3.71. The van der Waals surface area contributed by atoms with Gasteiger partial charge in [0.2, 0.25) is 5.65 Å². The lowest BCUT2D eigenvalue weighted by atomic mass is 10.4. The van der Waals surface area contributed by atoms with Gasteiger partial charge >= 0.3 is 0 Å². The van der Waals surface area contributed by atoms with E-state index in [4.69, 9.17) is 0 Å². The van der Waals surface area contributed by atoms with Gasteiger partial charge in [0.05, 0.1) is 0 Å². The fourth-order valence-electron chi connectivity index (χ4n) is 0.948. The summed E-state index contributed by atoms with van der Waals surface area (Å²) < 4.78 is 0. The molecule has 0 aliphatic carbocycles. The molecule has 0 unspecified atom stereocenters. The van der Waals surface area contributed by atoms with Crippen LogP contribution in [0.4, 0.5) is 0 Å². The van der Waals surface area contributed by atoms with E-state index in [-0.39, 0.29) is 0 Å². The van der Waals surface area contributed by atoms with Gasteiger partial charge in [-0.25, -0.2) is 10.5 Å². The Labute approximate surface area is 85.6 Å². The van der Waals surface area contributed by atoms with E-state index in [9.17, 15) is 0 Å². The van der Waals surface area contributed by atoms with Crippen molar-refractivity contribution in [2.24, 2.45) is 0 Å². The van der Waals surface area contributed by atoms with Crippen LogP contribution < -0.4 is 5.48 Å². The molecule has 0 atom stereocenters. The molecule has 0 aromatic carbocycles. The van der Waals surface area contributed by atoms with Crippen LogP contribution in [-0.2, 0) is 4.84 Å². The number of H-pyrrole nitrogens is 1. The number of hydrogen-bond acceptors (Lipinski definition) is 5. The molecule has 3 rings (SSSR count). The number of fused-ring (bicyclic) bond motifs is 1. The van der Waals surface area contributed by atoms with Crippen molar-refractivity contribution >= 4 is 11.2 Å². The van der Waals surface area contributed by atoms with Crippen molar-refractivity contribution in [3.8, 4) is 0 Å². The molecule has 2 aromatic heterocycles. The Morgan fingerprint density at radius 3 is 2.87 bits per heavy atom. The molecule has 2 aromatic rings. The second-order valence-electron chi connectivity index (χ2n) is 2.61. The van der Waals surface area contributed by atoms with Gasteiger partial charge in [-0.15, -0.1) is 5.10 Å². The number of nitrogens with one attached hydrogen (secondary N) is 2. The van der Waals surface area contributed by atoms with E-state index in [1.54, 1.807) is 24.7 Å². The maximum absolute atomic E-state index is 4.55. The average molecular weight is 203 g/mol. The predicted octanol–water partition coefficient (Wildman–Crippen LogP) is 0.901. The normalized spacial score (nSPS) is 12.5. The lowest BCUT2D eigenvalue weighted by Gasteiger charge is -1.97. The van der Waals surface area contributed by atoms with E-state index in [2.05, 4.69) is 30.7 Å². The third-order valence-electron chi connectivity index (χ3n) is 1.59. The molecule has 0 spiro atoms. The molecule has 0 radical (unpaired) electrons. The first-order valence-corrected chi connectivity index (χ1v) is 4.31. The number of nitrogens with zero attached hydrogens (tertiary/aromatic N) is 3. The SMILES string of the molecule is C1=CNOC=C1.c1cnc2nn[nH]c2c1. The van der Waals surface area contributed by atoms with Crippen molar-refractivity contribution in [2.75, 3.05) is 0 Å². The molecule has 0 bridgehead atoms. The molecular weight excluding hydrogens is 194 g/mol. The van der Waals surface area contributed by atoms with E-state index in [1.807, 2.05) is 18.2 Å². The number of hydrogen-bond donors (Lipinski definition) is 2. The number of aromatic amines is 1. The van der Waals surface area contributed by atoms with Crippen molar-refractivity contribution in [3.63, 3.8) is 0 Å². The topological polar surface area (TPSA) is 75.7 Å². The molecule has 1 aliphatic rings. The van der Waals surface area contributed by atoms with Crippen LogP contribution in [0.25, 0.3) is 11.2 Å². The minimum absolute atomic E-state index is 0.664. The van der Waals surface area contributed by atoms with Crippen LogP contribution in [-0.4, -0.2) is 20.4 Å². The summed E-state index contributed by atoms with van der Waals surface area (Å²) in [5.41, 5.74) is 4.05. The number of hydroxylamine groups is 1. The monoisotopic (exact) mass is 203 g/mol. The predicted molar refractivity (Wildman–Crippen MR) is 54.2 cm³/mol. The summed E-state index contributed by atoms with van der Waals surface area (Å²) in [6.45, 7) is 0. The molecule has 0 fully saturated rings. The Bertz CT molecular complexity index is 434. The summed E-state index contributed by atoms with van der Waals surface area (Å²) in [4.78, 5) is 8.49. The molecule has 1 aliphatic heterocycles.